The maximum absolute atomic E-state index is 10.3. The van der Waals surface area contributed by atoms with Crippen LogP contribution in [0.2, 0.25) is 0 Å². The molecule has 2 N–H and O–H groups in total. The molecule has 0 aromatic heterocycles. The minimum Gasteiger partial charge on any atom is -0.396 e. The molecule has 0 amide bonds. The van der Waals surface area contributed by atoms with Crippen LogP contribution in [0.15, 0.2) is 24.3 Å². The van der Waals surface area contributed by atoms with Gasteiger partial charge >= 0.3 is 0 Å². The van der Waals surface area contributed by atoms with Gasteiger partial charge in [0.15, 0.2) is 0 Å². The quantitative estimate of drug-likeness (QED) is 0.251. The molecule has 3 heteroatoms. The fourth-order valence-corrected chi connectivity index (χ4v) is 2.71. The Hall–Kier alpha value is -0.930. The monoisotopic (exact) mass is 324 g/mol. The number of hydrogen-bond acceptors (Lipinski definition) is 3. The van der Waals surface area contributed by atoms with Crippen molar-refractivity contribution in [2.75, 3.05) is 13.2 Å². The van der Waals surface area contributed by atoms with E-state index in [9.17, 15) is 15.0 Å². The van der Waals surface area contributed by atoms with Gasteiger partial charge in [-0.25, -0.2) is 0 Å². The van der Waals surface area contributed by atoms with Crippen LogP contribution in [0.4, 0.5) is 0 Å². The first-order valence-electron chi connectivity index (χ1n) is 9.27. The summed E-state index contributed by atoms with van der Waals surface area (Å²) in [5, 5.41) is 18.9. The first kappa shape index (κ1) is 22.1. The van der Waals surface area contributed by atoms with Crippen LogP contribution in [-0.2, 0) is 4.79 Å². The Morgan fingerprint density at radius 2 is 1.70 bits per heavy atom. The maximum atomic E-state index is 10.3. The number of rotatable bonds is 16. The van der Waals surface area contributed by atoms with Crippen LogP contribution in [-0.4, -0.2) is 29.7 Å². The van der Waals surface area contributed by atoms with Crippen LogP contribution >= 0.6 is 0 Å². The molecule has 0 aliphatic rings. The van der Waals surface area contributed by atoms with Gasteiger partial charge in [0.05, 0.1) is 0 Å². The van der Waals surface area contributed by atoms with Crippen LogP contribution < -0.4 is 0 Å². The zero-order valence-electron chi connectivity index (χ0n) is 14.8. The molecular weight excluding hydrogens is 288 g/mol. The van der Waals surface area contributed by atoms with Crippen molar-refractivity contribution >= 4 is 6.29 Å². The summed E-state index contributed by atoms with van der Waals surface area (Å²) in [4.78, 5) is 10.3. The molecule has 23 heavy (non-hydrogen) atoms. The molecule has 0 saturated heterocycles. The zero-order valence-corrected chi connectivity index (χ0v) is 14.8. The number of aldehydes is 1. The molecule has 0 aliphatic carbocycles. The van der Waals surface area contributed by atoms with Gasteiger partial charge < -0.3 is 15.0 Å². The van der Waals surface area contributed by atoms with Crippen molar-refractivity contribution in [2.24, 2.45) is 11.8 Å². The number of carbonyl (C=O) groups excluding carboxylic acids is 1. The van der Waals surface area contributed by atoms with Gasteiger partial charge in [-0.2, -0.15) is 0 Å². The molecule has 0 bridgehead atoms. The fraction of sp³-hybridized carbons (Fsp3) is 0.750. The average molecular weight is 325 g/mol. The Morgan fingerprint density at radius 1 is 0.913 bits per heavy atom. The van der Waals surface area contributed by atoms with E-state index in [0.717, 1.165) is 32.0 Å². The molecule has 0 aliphatic heterocycles. The molecule has 0 rings (SSSR count). The maximum Gasteiger partial charge on any atom is 0.120 e. The van der Waals surface area contributed by atoms with Gasteiger partial charge in [-0.05, 0) is 44.4 Å². The third-order valence-electron chi connectivity index (χ3n) is 4.22. The van der Waals surface area contributed by atoms with Crippen LogP contribution in [0.3, 0.4) is 0 Å². The topological polar surface area (TPSA) is 57.5 Å². The molecule has 3 nitrogen and oxygen atoms in total. The van der Waals surface area contributed by atoms with Crippen molar-refractivity contribution in [1.82, 2.24) is 0 Å². The minimum absolute atomic E-state index is 0.118. The lowest BCUT2D eigenvalue weighted by molar-refractivity contribution is -0.107. The van der Waals surface area contributed by atoms with Crippen molar-refractivity contribution in [3.05, 3.63) is 24.3 Å². The predicted octanol–water partition coefficient (Wildman–Crippen LogP) is 4.44. The molecule has 2 atom stereocenters. The SMILES string of the molecule is CCCCCC/C=C/C(CO)C(C/C=C\CCCC=O)CCO. The van der Waals surface area contributed by atoms with Gasteiger partial charge in [-0.3, -0.25) is 0 Å². The standard InChI is InChI=1S/C20H36O3/c1-2-3-4-5-7-11-14-20(18-23)19(15-17-22)13-10-8-6-9-12-16-21/h8,10-11,14,16,19-20,22-23H,2-7,9,12-13,15,17-18H2,1H3/b10-8-,14-11+. The Kier molecular flexibility index (Phi) is 16.7. The molecule has 0 aromatic rings. The zero-order chi connectivity index (χ0) is 17.2. The second-order valence-electron chi connectivity index (χ2n) is 6.20. The highest BCUT2D eigenvalue weighted by molar-refractivity contribution is 5.48. The smallest absolute Gasteiger partial charge is 0.120 e. The van der Waals surface area contributed by atoms with Gasteiger partial charge in [0, 0.05) is 25.6 Å². The third-order valence-corrected chi connectivity index (χ3v) is 4.22. The Labute approximate surface area is 142 Å². The number of carbonyl (C=O) groups is 1. The Bertz CT molecular complexity index is 310. The lowest BCUT2D eigenvalue weighted by atomic mass is 9.86. The largest absolute Gasteiger partial charge is 0.396 e. The van der Waals surface area contributed by atoms with Crippen molar-refractivity contribution in [3.63, 3.8) is 0 Å². The molecule has 2 unspecified atom stereocenters. The summed E-state index contributed by atoms with van der Waals surface area (Å²) >= 11 is 0. The van der Waals surface area contributed by atoms with Crippen LogP contribution in [0.1, 0.15) is 71.1 Å². The number of hydrogen-bond donors (Lipinski definition) is 2. The van der Waals surface area contributed by atoms with E-state index < -0.39 is 0 Å². The molecule has 0 radical (unpaired) electrons. The van der Waals surface area contributed by atoms with Crippen LogP contribution in [0.25, 0.3) is 0 Å². The highest BCUT2D eigenvalue weighted by atomic mass is 16.3. The van der Waals surface area contributed by atoms with Gasteiger partial charge in [-0.1, -0.05) is 50.5 Å². The second-order valence-corrected chi connectivity index (χ2v) is 6.20. The van der Waals surface area contributed by atoms with E-state index in [1.807, 2.05) is 0 Å². The van der Waals surface area contributed by atoms with Gasteiger partial charge in [0.2, 0.25) is 0 Å². The van der Waals surface area contributed by atoms with Crippen LogP contribution in [0.5, 0.6) is 0 Å². The van der Waals surface area contributed by atoms with Gasteiger partial charge in [0.25, 0.3) is 0 Å². The van der Waals surface area contributed by atoms with E-state index in [1.54, 1.807) is 0 Å². The first-order valence-corrected chi connectivity index (χ1v) is 9.27. The van der Waals surface area contributed by atoms with E-state index >= 15 is 0 Å². The van der Waals surface area contributed by atoms with Gasteiger partial charge in [-0.15, -0.1) is 0 Å². The van der Waals surface area contributed by atoms with Crippen molar-refractivity contribution in [2.45, 2.75) is 71.1 Å². The summed E-state index contributed by atoms with van der Waals surface area (Å²) in [6.45, 7) is 2.50. The summed E-state index contributed by atoms with van der Waals surface area (Å²) in [6.07, 6.45) is 19.6. The summed E-state index contributed by atoms with van der Waals surface area (Å²) < 4.78 is 0. The Balaban J connectivity index is 4.22. The molecule has 0 aromatic carbocycles. The summed E-state index contributed by atoms with van der Waals surface area (Å²) in [5.74, 6) is 0.396. The van der Waals surface area contributed by atoms with Crippen molar-refractivity contribution in [3.8, 4) is 0 Å². The highest BCUT2D eigenvalue weighted by Crippen LogP contribution is 2.22. The molecule has 134 valence electrons. The van der Waals surface area contributed by atoms with E-state index in [0.29, 0.717) is 12.8 Å². The number of unbranched alkanes of at least 4 members (excludes halogenated alkanes) is 6. The first-order chi connectivity index (χ1) is 11.3. The number of allylic oxidation sites excluding steroid dienone is 3. The van der Waals surface area contributed by atoms with Gasteiger partial charge in [0.1, 0.15) is 6.29 Å². The van der Waals surface area contributed by atoms with E-state index in [-0.39, 0.29) is 25.0 Å². The van der Waals surface area contributed by atoms with Crippen molar-refractivity contribution < 1.29 is 15.0 Å². The average Bonchev–Trinajstić information content (AvgIpc) is 2.57. The molecule has 0 saturated carbocycles. The molecule has 0 heterocycles. The summed E-state index contributed by atoms with van der Waals surface area (Å²) in [6, 6.07) is 0. The Morgan fingerprint density at radius 3 is 2.35 bits per heavy atom. The second kappa shape index (κ2) is 17.4. The summed E-state index contributed by atoms with van der Waals surface area (Å²) in [7, 11) is 0. The van der Waals surface area contributed by atoms with Crippen molar-refractivity contribution in [1.29, 1.82) is 0 Å². The number of aliphatic hydroxyl groups is 2. The van der Waals surface area contributed by atoms with E-state index in [1.165, 1.54) is 25.7 Å². The molecular formula is C20H36O3. The van der Waals surface area contributed by atoms with E-state index in [4.69, 9.17) is 0 Å². The van der Waals surface area contributed by atoms with Crippen LogP contribution in [0, 0.1) is 11.8 Å². The van der Waals surface area contributed by atoms with E-state index in [2.05, 4.69) is 31.2 Å². The minimum atomic E-state index is 0.118. The third kappa shape index (κ3) is 13.2. The fourth-order valence-electron chi connectivity index (χ4n) is 2.71. The lowest BCUT2D eigenvalue weighted by Gasteiger charge is -2.21. The molecule has 0 spiro atoms. The predicted molar refractivity (Wildman–Crippen MR) is 97.3 cm³/mol. The number of aliphatic hydroxyl groups excluding tert-OH is 2. The molecule has 0 fully saturated rings. The normalized spacial score (nSPS) is 14.6. The lowest BCUT2D eigenvalue weighted by Crippen LogP contribution is -2.17. The summed E-state index contributed by atoms with van der Waals surface area (Å²) in [5.41, 5.74) is 0. The highest BCUT2D eigenvalue weighted by Gasteiger charge is 2.16.